The fourth-order valence-corrected chi connectivity index (χ4v) is 3.58. The number of aryl methyl sites for hydroxylation is 1. The van der Waals surface area contributed by atoms with Crippen LogP contribution in [0.25, 0.3) is 0 Å². The molecule has 130 valence electrons. The lowest BCUT2D eigenvalue weighted by Gasteiger charge is -2.04. The molecule has 0 aliphatic carbocycles. The lowest BCUT2D eigenvalue weighted by Crippen LogP contribution is -2.08. The van der Waals surface area contributed by atoms with Gasteiger partial charge in [0, 0.05) is 12.3 Å². The second kappa shape index (κ2) is 9.11. The van der Waals surface area contributed by atoms with E-state index in [2.05, 4.69) is 11.9 Å². The molecule has 6 heteroatoms. The van der Waals surface area contributed by atoms with Crippen molar-refractivity contribution < 1.29 is 16.8 Å². The van der Waals surface area contributed by atoms with Crippen LogP contribution in [0.4, 0.5) is 0 Å². The van der Waals surface area contributed by atoms with Gasteiger partial charge in [0.15, 0.2) is 5.75 Å². The Balaban J connectivity index is 1.60. The Morgan fingerprint density at radius 1 is 0.913 bits per heavy atom. The van der Waals surface area contributed by atoms with Crippen LogP contribution in [-0.2, 0) is 16.8 Å². The summed E-state index contributed by atoms with van der Waals surface area (Å²) in [5, 5.41) is 0. The van der Waals surface area contributed by atoms with Crippen LogP contribution in [0, 0.1) is 0 Å². The first kappa shape index (κ1) is 18.0. The third kappa shape index (κ3) is 6.01. The number of hydrogen-bond acceptors (Lipinski definition) is 5. The summed E-state index contributed by atoms with van der Waals surface area (Å²) in [4.78, 5) is 4.22. The molecule has 1 aromatic rings. The molecule has 0 fully saturated rings. The standard InChI is InChI=1S/C17H27NO4S/c1-2-3-4-5-6-7-8-9-10-11-12-15-17-16(13-14-18-15)21-23(19,20)22-17/h13-14H,2-12H2,1H3. The lowest BCUT2D eigenvalue weighted by atomic mass is 10.0. The zero-order valence-corrected chi connectivity index (χ0v) is 14.7. The number of aromatic nitrogens is 1. The molecule has 5 nitrogen and oxygen atoms in total. The van der Waals surface area contributed by atoms with Gasteiger partial charge in [0.25, 0.3) is 0 Å². The van der Waals surface area contributed by atoms with Crippen molar-refractivity contribution in [3.05, 3.63) is 18.0 Å². The quantitative estimate of drug-likeness (QED) is 0.552. The molecular formula is C17H27NO4S. The van der Waals surface area contributed by atoms with Crippen molar-refractivity contribution >= 4 is 10.4 Å². The van der Waals surface area contributed by atoms with Crippen LogP contribution in [0.2, 0.25) is 0 Å². The highest BCUT2D eigenvalue weighted by atomic mass is 32.3. The zero-order valence-electron chi connectivity index (χ0n) is 13.9. The number of pyridine rings is 1. The molecule has 2 rings (SSSR count). The van der Waals surface area contributed by atoms with Gasteiger partial charge < -0.3 is 8.37 Å². The summed E-state index contributed by atoms with van der Waals surface area (Å²) in [7, 11) is -3.92. The van der Waals surface area contributed by atoms with Gasteiger partial charge in [0.2, 0.25) is 5.75 Å². The topological polar surface area (TPSA) is 65.5 Å². The molecule has 0 atom stereocenters. The summed E-state index contributed by atoms with van der Waals surface area (Å²) < 4.78 is 32.2. The van der Waals surface area contributed by atoms with E-state index < -0.39 is 10.4 Å². The van der Waals surface area contributed by atoms with E-state index in [1.165, 1.54) is 57.4 Å². The highest BCUT2D eigenvalue weighted by molar-refractivity contribution is 7.82. The molecule has 1 aromatic heterocycles. The molecule has 1 aliphatic rings. The highest BCUT2D eigenvalue weighted by Crippen LogP contribution is 2.38. The average molecular weight is 341 g/mol. The van der Waals surface area contributed by atoms with Crippen LogP contribution in [0.15, 0.2) is 12.3 Å². The van der Waals surface area contributed by atoms with E-state index >= 15 is 0 Å². The van der Waals surface area contributed by atoms with Crippen molar-refractivity contribution in [2.24, 2.45) is 0 Å². The van der Waals surface area contributed by atoms with Gasteiger partial charge in [-0.3, -0.25) is 4.98 Å². The maximum atomic E-state index is 11.3. The molecule has 0 unspecified atom stereocenters. The Kier molecular flexibility index (Phi) is 7.15. The Hall–Kier alpha value is -1.30. The van der Waals surface area contributed by atoms with Crippen LogP contribution in [0.3, 0.4) is 0 Å². The maximum absolute atomic E-state index is 11.3. The first-order chi connectivity index (χ1) is 11.1. The van der Waals surface area contributed by atoms with Crippen molar-refractivity contribution in [1.82, 2.24) is 4.98 Å². The summed E-state index contributed by atoms with van der Waals surface area (Å²) in [5.41, 5.74) is 0.670. The number of hydrogen-bond donors (Lipinski definition) is 0. The van der Waals surface area contributed by atoms with Gasteiger partial charge in [-0.1, -0.05) is 64.7 Å². The second-order valence-electron chi connectivity index (χ2n) is 6.09. The number of fused-ring (bicyclic) bond motifs is 1. The molecule has 0 saturated heterocycles. The number of unbranched alkanes of at least 4 members (excludes halogenated alkanes) is 9. The highest BCUT2D eigenvalue weighted by Gasteiger charge is 2.31. The third-order valence-corrected chi connectivity index (χ3v) is 4.84. The van der Waals surface area contributed by atoms with Gasteiger partial charge in [-0.15, -0.1) is 8.42 Å². The Morgan fingerprint density at radius 2 is 1.52 bits per heavy atom. The van der Waals surface area contributed by atoms with E-state index in [4.69, 9.17) is 8.37 Å². The molecule has 2 heterocycles. The molecule has 0 saturated carbocycles. The van der Waals surface area contributed by atoms with Gasteiger partial charge in [0.1, 0.15) is 0 Å². The molecule has 0 aromatic carbocycles. The van der Waals surface area contributed by atoms with E-state index in [0.717, 1.165) is 19.3 Å². The summed E-state index contributed by atoms with van der Waals surface area (Å²) in [6, 6.07) is 1.52. The largest absolute Gasteiger partial charge is 0.501 e. The summed E-state index contributed by atoms with van der Waals surface area (Å²) in [5.74, 6) is 0.519. The predicted molar refractivity (Wildman–Crippen MR) is 90.0 cm³/mol. The Morgan fingerprint density at radius 3 is 2.17 bits per heavy atom. The molecule has 1 aliphatic heterocycles. The van der Waals surface area contributed by atoms with E-state index in [9.17, 15) is 8.42 Å². The van der Waals surface area contributed by atoms with E-state index in [1.54, 1.807) is 6.20 Å². The lowest BCUT2D eigenvalue weighted by molar-refractivity contribution is 0.435. The molecule has 23 heavy (non-hydrogen) atoms. The van der Waals surface area contributed by atoms with E-state index in [0.29, 0.717) is 5.69 Å². The second-order valence-corrected chi connectivity index (χ2v) is 7.24. The fraction of sp³-hybridized carbons (Fsp3) is 0.706. The fourth-order valence-electron chi connectivity index (χ4n) is 2.81. The van der Waals surface area contributed by atoms with Crippen molar-refractivity contribution in [2.75, 3.05) is 0 Å². The van der Waals surface area contributed by atoms with Crippen LogP contribution in [-0.4, -0.2) is 13.4 Å². The predicted octanol–water partition coefficient (Wildman–Crippen LogP) is 4.56. The maximum Gasteiger partial charge on any atom is 0.501 e. The van der Waals surface area contributed by atoms with Crippen molar-refractivity contribution in [2.45, 2.75) is 77.6 Å². The van der Waals surface area contributed by atoms with Gasteiger partial charge in [-0.25, -0.2) is 0 Å². The van der Waals surface area contributed by atoms with Crippen LogP contribution >= 0.6 is 0 Å². The van der Waals surface area contributed by atoms with Gasteiger partial charge >= 0.3 is 10.4 Å². The monoisotopic (exact) mass is 341 g/mol. The number of rotatable bonds is 11. The molecule has 0 N–H and O–H groups in total. The smallest absolute Gasteiger partial charge is 0.349 e. The van der Waals surface area contributed by atoms with Gasteiger partial charge in [-0.05, 0) is 12.8 Å². The summed E-state index contributed by atoms with van der Waals surface area (Å²) >= 11 is 0. The third-order valence-electron chi connectivity index (χ3n) is 4.09. The molecular weight excluding hydrogens is 314 g/mol. The zero-order chi connectivity index (χ0) is 16.5. The van der Waals surface area contributed by atoms with Crippen molar-refractivity contribution in [3.63, 3.8) is 0 Å². The van der Waals surface area contributed by atoms with Gasteiger partial charge in [-0.2, -0.15) is 0 Å². The molecule has 0 radical (unpaired) electrons. The Bertz CT molecular complexity index is 586. The molecule has 0 spiro atoms. The van der Waals surface area contributed by atoms with Gasteiger partial charge in [0.05, 0.1) is 5.69 Å². The minimum atomic E-state index is -3.92. The summed E-state index contributed by atoms with van der Waals surface area (Å²) in [6.45, 7) is 2.24. The first-order valence-corrected chi connectivity index (χ1v) is 10.1. The van der Waals surface area contributed by atoms with E-state index in [1.807, 2.05) is 0 Å². The van der Waals surface area contributed by atoms with Crippen LogP contribution in [0.5, 0.6) is 11.5 Å². The SMILES string of the molecule is CCCCCCCCCCCCc1nccc2c1OS(=O)(=O)O2. The minimum Gasteiger partial charge on any atom is -0.349 e. The number of nitrogens with zero attached hydrogens (tertiary/aromatic N) is 1. The van der Waals surface area contributed by atoms with Crippen LogP contribution in [0.1, 0.15) is 76.8 Å². The van der Waals surface area contributed by atoms with E-state index in [-0.39, 0.29) is 11.5 Å². The molecule has 0 bridgehead atoms. The van der Waals surface area contributed by atoms with Crippen molar-refractivity contribution in [1.29, 1.82) is 0 Å². The first-order valence-electron chi connectivity index (χ1n) is 8.74. The summed E-state index contributed by atoms with van der Waals surface area (Å²) in [6.07, 6.45) is 15.0. The van der Waals surface area contributed by atoms with Crippen LogP contribution < -0.4 is 8.37 Å². The average Bonchev–Trinajstić information content (AvgIpc) is 2.84. The Labute approximate surface area is 139 Å². The minimum absolute atomic E-state index is 0.252. The molecule has 0 amide bonds. The van der Waals surface area contributed by atoms with Crippen molar-refractivity contribution in [3.8, 4) is 11.5 Å². The normalized spacial score (nSPS) is 15.0.